The Bertz CT molecular complexity index is 797. The van der Waals surface area contributed by atoms with E-state index in [9.17, 15) is 8.42 Å². The van der Waals surface area contributed by atoms with E-state index in [1.165, 1.54) is 0 Å². The highest BCUT2D eigenvalue weighted by Crippen LogP contribution is 2.27. The summed E-state index contributed by atoms with van der Waals surface area (Å²) in [6.45, 7) is 3.90. The van der Waals surface area contributed by atoms with Gasteiger partial charge < -0.3 is 9.84 Å². The minimum absolute atomic E-state index is 0.275. The van der Waals surface area contributed by atoms with E-state index in [0.29, 0.717) is 24.3 Å². The standard InChI is InChI=1S/C18H26N4O3S/c1-13(2)26(23,24)19-12-14-8-10-16(11-9-14)20-18-21-17(22-25-18)15-6-4-3-5-7-15/h3-7,13-14,16,19H,8-12H2,1-2H3,(H,20,21,22)/t14-,16-. The lowest BCUT2D eigenvalue weighted by Crippen LogP contribution is -2.37. The van der Waals surface area contributed by atoms with Crippen molar-refractivity contribution in [2.45, 2.75) is 50.8 Å². The molecule has 1 aromatic heterocycles. The van der Waals surface area contributed by atoms with Gasteiger partial charge in [0.2, 0.25) is 15.8 Å². The number of hydrogen-bond acceptors (Lipinski definition) is 6. The molecule has 3 rings (SSSR count). The minimum atomic E-state index is -3.18. The van der Waals surface area contributed by atoms with Crippen LogP contribution in [-0.4, -0.2) is 36.4 Å². The van der Waals surface area contributed by atoms with Crippen molar-refractivity contribution < 1.29 is 12.9 Å². The Morgan fingerprint density at radius 2 is 1.85 bits per heavy atom. The van der Waals surface area contributed by atoms with E-state index in [-0.39, 0.29) is 6.04 Å². The highest BCUT2D eigenvalue weighted by atomic mass is 32.2. The van der Waals surface area contributed by atoms with E-state index in [2.05, 4.69) is 20.2 Å². The fourth-order valence-corrected chi connectivity index (χ4v) is 3.87. The Kier molecular flexibility index (Phi) is 5.93. The maximum Gasteiger partial charge on any atom is 0.322 e. The Hall–Kier alpha value is -1.93. The molecule has 142 valence electrons. The van der Waals surface area contributed by atoms with Crippen LogP contribution in [0, 0.1) is 5.92 Å². The molecule has 8 heteroatoms. The second-order valence-electron chi connectivity index (χ2n) is 7.09. The summed E-state index contributed by atoms with van der Waals surface area (Å²) in [5.41, 5.74) is 0.922. The third-order valence-corrected chi connectivity index (χ3v) is 6.64. The van der Waals surface area contributed by atoms with Gasteiger partial charge in [0.25, 0.3) is 0 Å². The molecular weight excluding hydrogens is 352 g/mol. The van der Waals surface area contributed by atoms with Gasteiger partial charge in [-0.25, -0.2) is 13.1 Å². The molecule has 1 heterocycles. The number of aromatic nitrogens is 2. The van der Waals surface area contributed by atoms with Crippen molar-refractivity contribution in [3.05, 3.63) is 30.3 Å². The quantitative estimate of drug-likeness (QED) is 0.769. The van der Waals surface area contributed by atoms with Crippen LogP contribution in [0.2, 0.25) is 0 Å². The van der Waals surface area contributed by atoms with Crippen LogP contribution in [0.3, 0.4) is 0 Å². The Labute approximate surface area is 154 Å². The molecule has 1 fully saturated rings. The van der Waals surface area contributed by atoms with Gasteiger partial charge in [-0.1, -0.05) is 35.5 Å². The summed E-state index contributed by atoms with van der Waals surface area (Å²) >= 11 is 0. The number of sulfonamides is 1. The van der Waals surface area contributed by atoms with Crippen LogP contribution in [0.4, 0.5) is 6.01 Å². The average molecular weight is 378 g/mol. The van der Waals surface area contributed by atoms with Crippen molar-refractivity contribution in [2.24, 2.45) is 5.92 Å². The summed E-state index contributed by atoms with van der Waals surface area (Å²) in [7, 11) is -3.18. The second-order valence-corrected chi connectivity index (χ2v) is 9.41. The lowest BCUT2D eigenvalue weighted by atomic mass is 9.86. The monoisotopic (exact) mass is 378 g/mol. The first-order chi connectivity index (χ1) is 12.4. The van der Waals surface area contributed by atoms with Gasteiger partial charge in [0.05, 0.1) is 5.25 Å². The van der Waals surface area contributed by atoms with Gasteiger partial charge in [-0.05, 0) is 45.4 Å². The molecule has 1 aliphatic carbocycles. The Morgan fingerprint density at radius 1 is 1.15 bits per heavy atom. The first-order valence-electron chi connectivity index (χ1n) is 9.08. The summed E-state index contributed by atoms with van der Waals surface area (Å²) in [6.07, 6.45) is 3.85. The maximum atomic E-state index is 11.8. The fraction of sp³-hybridized carbons (Fsp3) is 0.556. The van der Waals surface area contributed by atoms with Crippen LogP contribution in [0.15, 0.2) is 34.9 Å². The number of hydrogen-bond donors (Lipinski definition) is 2. The zero-order chi connectivity index (χ0) is 18.6. The molecule has 0 spiro atoms. The van der Waals surface area contributed by atoms with E-state index in [1.54, 1.807) is 13.8 Å². The molecular formula is C18H26N4O3S. The van der Waals surface area contributed by atoms with E-state index in [4.69, 9.17) is 4.52 Å². The van der Waals surface area contributed by atoms with Crippen molar-refractivity contribution in [1.29, 1.82) is 0 Å². The molecule has 1 saturated carbocycles. The number of nitrogens with one attached hydrogen (secondary N) is 2. The highest BCUT2D eigenvalue weighted by molar-refractivity contribution is 7.90. The van der Waals surface area contributed by atoms with Gasteiger partial charge in [0.1, 0.15) is 0 Å². The molecule has 1 aromatic carbocycles. The van der Waals surface area contributed by atoms with Gasteiger partial charge in [-0.15, -0.1) is 0 Å². The molecule has 26 heavy (non-hydrogen) atoms. The van der Waals surface area contributed by atoms with Crippen LogP contribution in [0.1, 0.15) is 39.5 Å². The fourth-order valence-electron chi connectivity index (χ4n) is 3.07. The summed E-state index contributed by atoms with van der Waals surface area (Å²) in [5.74, 6) is 0.953. The summed E-state index contributed by atoms with van der Waals surface area (Å²) in [6, 6.07) is 10.4. The largest absolute Gasteiger partial charge is 0.335 e. The van der Waals surface area contributed by atoms with Gasteiger partial charge >= 0.3 is 6.01 Å². The molecule has 0 aliphatic heterocycles. The molecule has 2 aromatic rings. The predicted molar refractivity (Wildman–Crippen MR) is 101 cm³/mol. The van der Waals surface area contributed by atoms with Gasteiger partial charge in [-0.3, -0.25) is 0 Å². The topological polar surface area (TPSA) is 97.1 Å². The lowest BCUT2D eigenvalue weighted by Gasteiger charge is -2.28. The van der Waals surface area contributed by atoms with Crippen LogP contribution in [0.5, 0.6) is 0 Å². The first-order valence-corrected chi connectivity index (χ1v) is 10.6. The molecule has 0 amide bonds. The Morgan fingerprint density at radius 3 is 2.50 bits per heavy atom. The average Bonchev–Trinajstić information content (AvgIpc) is 3.10. The molecule has 0 saturated heterocycles. The van der Waals surface area contributed by atoms with E-state index in [0.717, 1.165) is 31.2 Å². The summed E-state index contributed by atoms with van der Waals surface area (Å²) < 4.78 is 31.7. The van der Waals surface area contributed by atoms with Crippen molar-refractivity contribution in [3.8, 4) is 11.4 Å². The van der Waals surface area contributed by atoms with Crippen molar-refractivity contribution in [1.82, 2.24) is 14.9 Å². The molecule has 2 N–H and O–H groups in total. The highest BCUT2D eigenvalue weighted by Gasteiger charge is 2.24. The third kappa shape index (κ3) is 4.82. The number of nitrogens with zero attached hydrogens (tertiary/aromatic N) is 2. The van der Waals surface area contributed by atoms with E-state index in [1.807, 2.05) is 30.3 Å². The molecule has 7 nitrogen and oxygen atoms in total. The van der Waals surface area contributed by atoms with Gasteiger partial charge in [0, 0.05) is 18.2 Å². The van der Waals surface area contributed by atoms with Crippen LogP contribution < -0.4 is 10.0 Å². The smallest absolute Gasteiger partial charge is 0.322 e. The maximum absolute atomic E-state index is 11.8. The first kappa shape index (κ1) is 18.8. The minimum Gasteiger partial charge on any atom is -0.335 e. The molecule has 0 radical (unpaired) electrons. The summed E-state index contributed by atoms with van der Waals surface area (Å²) in [4.78, 5) is 4.40. The van der Waals surface area contributed by atoms with Crippen LogP contribution >= 0.6 is 0 Å². The normalized spacial score (nSPS) is 21.0. The molecule has 0 atom stereocenters. The second kappa shape index (κ2) is 8.18. The van der Waals surface area contributed by atoms with Gasteiger partial charge in [-0.2, -0.15) is 4.98 Å². The van der Waals surface area contributed by atoms with Crippen LogP contribution in [0.25, 0.3) is 11.4 Å². The third-order valence-electron chi connectivity index (χ3n) is 4.83. The molecule has 1 aliphatic rings. The Balaban J connectivity index is 1.47. The predicted octanol–water partition coefficient (Wildman–Crippen LogP) is 3.04. The molecule has 0 bridgehead atoms. The van der Waals surface area contributed by atoms with Crippen molar-refractivity contribution in [3.63, 3.8) is 0 Å². The zero-order valence-corrected chi connectivity index (χ0v) is 16.0. The number of benzene rings is 1. The van der Waals surface area contributed by atoms with Crippen molar-refractivity contribution in [2.75, 3.05) is 11.9 Å². The number of rotatable bonds is 7. The van der Waals surface area contributed by atoms with Crippen LogP contribution in [-0.2, 0) is 10.0 Å². The summed E-state index contributed by atoms with van der Waals surface area (Å²) in [5, 5.41) is 6.93. The van der Waals surface area contributed by atoms with E-state index >= 15 is 0 Å². The SMILES string of the molecule is CC(C)S(=O)(=O)NC[C@H]1CC[C@H](Nc2nc(-c3ccccc3)no2)CC1. The van der Waals surface area contributed by atoms with Gasteiger partial charge in [0.15, 0.2) is 0 Å². The lowest BCUT2D eigenvalue weighted by molar-refractivity contribution is 0.330. The van der Waals surface area contributed by atoms with E-state index < -0.39 is 15.3 Å². The zero-order valence-electron chi connectivity index (χ0n) is 15.2. The van der Waals surface area contributed by atoms with Crippen molar-refractivity contribution >= 4 is 16.0 Å². The molecule has 0 unspecified atom stereocenters. The number of anilines is 1.